The van der Waals surface area contributed by atoms with Crippen molar-refractivity contribution < 1.29 is 9.53 Å². The number of fused-ring (bicyclic) bond motifs is 1. The molecule has 1 N–H and O–H groups in total. The van der Waals surface area contributed by atoms with E-state index in [1.54, 1.807) is 11.3 Å². The van der Waals surface area contributed by atoms with Crippen molar-refractivity contribution in [3.05, 3.63) is 76.8 Å². The number of aryl methyl sites for hydroxylation is 1. The Morgan fingerprint density at radius 1 is 1.11 bits per heavy atom. The number of halogens is 1. The summed E-state index contributed by atoms with van der Waals surface area (Å²) in [5, 5.41) is 3.81. The molecule has 0 unspecified atom stereocenters. The summed E-state index contributed by atoms with van der Waals surface area (Å²) >= 11 is 5.11. The molecule has 0 aliphatic carbocycles. The molecule has 0 bridgehead atoms. The SMILES string of the molecule is Cc1ccccc1OCC(=O)Nc1ccc(Br)cc1-c1nc2ccccc2s1. The summed E-state index contributed by atoms with van der Waals surface area (Å²) in [5.41, 5.74) is 3.53. The van der Waals surface area contributed by atoms with Crippen molar-refractivity contribution in [1.29, 1.82) is 0 Å². The van der Waals surface area contributed by atoms with Crippen molar-refractivity contribution in [2.75, 3.05) is 11.9 Å². The monoisotopic (exact) mass is 452 g/mol. The fourth-order valence-electron chi connectivity index (χ4n) is 2.84. The van der Waals surface area contributed by atoms with Gasteiger partial charge in [0.1, 0.15) is 10.8 Å². The molecule has 0 atom stereocenters. The molecule has 4 nitrogen and oxygen atoms in total. The third-order valence-corrected chi connectivity index (χ3v) is 5.80. The fraction of sp³-hybridized carbons (Fsp3) is 0.0909. The number of anilines is 1. The molecule has 4 rings (SSSR count). The summed E-state index contributed by atoms with van der Waals surface area (Å²) in [6, 6.07) is 21.4. The van der Waals surface area contributed by atoms with Crippen LogP contribution in [0.5, 0.6) is 5.75 Å². The van der Waals surface area contributed by atoms with Crippen molar-refractivity contribution >= 4 is 49.1 Å². The molecule has 0 aliphatic heterocycles. The van der Waals surface area contributed by atoms with Gasteiger partial charge in [-0.1, -0.05) is 46.3 Å². The second kappa shape index (κ2) is 8.12. The Kier molecular flexibility index (Phi) is 5.41. The Balaban J connectivity index is 1.56. The average Bonchev–Trinajstić information content (AvgIpc) is 3.13. The van der Waals surface area contributed by atoms with Crippen LogP contribution in [-0.2, 0) is 4.79 Å². The Bertz CT molecular complexity index is 1120. The van der Waals surface area contributed by atoms with Gasteiger partial charge in [0.2, 0.25) is 0 Å². The predicted molar refractivity (Wildman–Crippen MR) is 118 cm³/mol. The first-order valence-electron chi connectivity index (χ1n) is 8.74. The van der Waals surface area contributed by atoms with Gasteiger partial charge in [0, 0.05) is 10.0 Å². The van der Waals surface area contributed by atoms with E-state index in [1.165, 1.54) is 0 Å². The van der Waals surface area contributed by atoms with E-state index < -0.39 is 0 Å². The number of aromatic nitrogens is 1. The summed E-state index contributed by atoms with van der Waals surface area (Å²) in [5.74, 6) is 0.493. The van der Waals surface area contributed by atoms with E-state index in [4.69, 9.17) is 9.72 Å². The number of rotatable bonds is 5. The largest absolute Gasteiger partial charge is 0.483 e. The topological polar surface area (TPSA) is 51.2 Å². The molecule has 1 aromatic heterocycles. The van der Waals surface area contributed by atoms with E-state index in [0.29, 0.717) is 11.4 Å². The summed E-state index contributed by atoms with van der Waals surface area (Å²) in [6.07, 6.45) is 0. The van der Waals surface area contributed by atoms with E-state index in [9.17, 15) is 4.79 Å². The van der Waals surface area contributed by atoms with Gasteiger partial charge in [-0.25, -0.2) is 4.98 Å². The van der Waals surface area contributed by atoms with E-state index >= 15 is 0 Å². The molecule has 0 spiro atoms. The van der Waals surface area contributed by atoms with E-state index in [1.807, 2.05) is 73.7 Å². The number of carbonyl (C=O) groups excluding carboxylic acids is 1. The van der Waals surface area contributed by atoms with Crippen LogP contribution in [-0.4, -0.2) is 17.5 Å². The van der Waals surface area contributed by atoms with Crippen LogP contribution in [0.25, 0.3) is 20.8 Å². The minimum absolute atomic E-state index is 0.0554. The Labute approximate surface area is 175 Å². The maximum atomic E-state index is 12.5. The minimum atomic E-state index is -0.215. The van der Waals surface area contributed by atoms with Gasteiger partial charge in [-0.3, -0.25) is 4.79 Å². The van der Waals surface area contributed by atoms with Gasteiger partial charge < -0.3 is 10.1 Å². The van der Waals surface area contributed by atoms with Gasteiger partial charge in [0.05, 0.1) is 15.9 Å². The zero-order chi connectivity index (χ0) is 19.5. The molecule has 1 amide bonds. The van der Waals surface area contributed by atoms with Gasteiger partial charge in [-0.05, 0) is 48.9 Å². The molecule has 0 radical (unpaired) electrons. The van der Waals surface area contributed by atoms with Gasteiger partial charge in [-0.2, -0.15) is 0 Å². The third-order valence-electron chi connectivity index (χ3n) is 4.23. The molecular formula is C22H17BrN2O2S. The number of hydrogen-bond donors (Lipinski definition) is 1. The first-order valence-corrected chi connectivity index (χ1v) is 10.3. The van der Waals surface area contributed by atoms with Crippen LogP contribution >= 0.6 is 27.3 Å². The number of benzene rings is 3. The molecule has 6 heteroatoms. The Morgan fingerprint density at radius 2 is 1.89 bits per heavy atom. The lowest BCUT2D eigenvalue weighted by atomic mass is 10.2. The van der Waals surface area contributed by atoms with Crippen molar-refractivity contribution in [3.63, 3.8) is 0 Å². The normalized spacial score (nSPS) is 10.8. The van der Waals surface area contributed by atoms with Crippen LogP contribution in [0.2, 0.25) is 0 Å². The molecule has 0 saturated heterocycles. The molecule has 3 aromatic carbocycles. The zero-order valence-corrected chi connectivity index (χ0v) is 17.5. The quantitative estimate of drug-likeness (QED) is 0.400. The standard InChI is InChI=1S/C22H17BrN2O2S/c1-14-6-2-4-8-19(14)27-13-21(26)24-17-11-10-15(23)12-16(17)22-25-18-7-3-5-9-20(18)28-22/h2-12H,13H2,1H3,(H,24,26). The molecule has 0 saturated carbocycles. The zero-order valence-electron chi connectivity index (χ0n) is 15.1. The number of para-hydroxylation sites is 2. The van der Waals surface area contributed by atoms with Crippen LogP contribution in [0, 0.1) is 6.92 Å². The van der Waals surface area contributed by atoms with Crippen molar-refractivity contribution in [2.45, 2.75) is 6.92 Å². The van der Waals surface area contributed by atoms with Crippen LogP contribution in [0.15, 0.2) is 71.2 Å². The van der Waals surface area contributed by atoms with Crippen molar-refractivity contribution in [3.8, 4) is 16.3 Å². The smallest absolute Gasteiger partial charge is 0.262 e. The average molecular weight is 453 g/mol. The summed E-state index contributed by atoms with van der Waals surface area (Å²) < 4.78 is 7.69. The van der Waals surface area contributed by atoms with Crippen LogP contribution in [0.3, 0.4) is 0 Å². The maximum absolute atomic E-state index is 12.5. The maximum Gasteiger partial charge on any atom is 0.262 e. The Morgan fingerprint density at radius 3 is 2.71 bits per heavy atom. The second-order valence-electron chi connectivity index (χ2n) is 6.28. The highest BCUT2D eigenvalue weighted by Gasteiger charge is 2.14. The van der Waals surface area contributed by atoms with Crippen molar-refractivity contribution in [1.82, 2.24) is 4.98 Å². The van der Waals surface area contributed by atoms with Gasteiger partial charge in [0.25, 0.3) is 5.91 Å². The molecular weight excluding hydrogens is 436 g/mol. The first kappa shape index (κ1) is 18.7. The lowest BCUT2D eigenvalue weighted by molar-refractivity contribution is -0.118. The summed E-state index contributed by atoms with van der Waals surface area (Å²) in [4.78, 5) is 17.2. The highest BCUT2D eigenvalue weighted by molar-refractivity contribution is 9.10. The highest BCUT2D eigenvalue weighted by Crippen LogP contribution is 2.36. The number of nitrogens with zero attached hydrogens (tertiary/aromatic N) is 1. The van der Waals surface area contributed by atoms with Crippen LogP contribution in [0.1, 0.15) is 5.56 Å². The number of nitrogens with one attached hydrogen (secondary N) is 1. The molecule has 140 valence electrons. The van der Waals surface area contributed by atoms with Gasteiger partial charge >= 0.3 is 0 Å². The number of amides is 1. The number of ether oxygens (including phenoxy) is 1. The highest BCUT2D eigenvalue weighted by atomic mass is 79.9. The molecule has 4 aromatic rings. The number of thiazole rings is 1. The van der Waals surface area contributed by atoms with E-state index in [-0.39, 0.29) is 12.5 Å². The van der Waals surface area contributed by atoms with Crippen molar-refractivity contribution in [2.24, 2.45) is 0 Å². The van der Waals surface area contributed by atoms with E-state index in [0.717, 1.165) is 30.8 Å². The molecule has 1 heterocycles. The predicted octanol–water partition coefficient (Wildman–Crippen LogP) is 6.05. The van der Waals surface area contributed by atoms with E-state index in [2.05, 4.69) is 21.2 Å². The third kappa shape index (κ3) is 4.08. The summed E-state index contributed by atoms with van der Waals surface area (Å²) in [6.45, 7) is 1.90. The Hall–Kier alpha value is -2.70. The number of hydrogen-bond acceptors (Lipinski definition) is 4. The van der Waals surface area contributed by atoms with Gasteiger partial charge in [0.15, 0.2) is 6.61 Å². The first-order chi connectivity index (χ1) is 13.6. The van der Waals surface area contributed by atoms with Crippen LogP contribution in [0.4, 0.5) is 5.69 Å². The van der Waals surface area contributed by atoms with Crippen LogP contribution < -0.4 is 10.1 Å². The fourth-order valence-corrected chi connectivity index (χ4v) is 4.19. The molecule has 0 aliphatic rings. The lowest BCUT2D eigenvalue weighted by Gasteiger charge is -2.12. The minimum Gasteiger partial charge on any atom is -0.483 e. The molecule has 28 heavy (non-hydrogen) atoms. The number of carbonyl (C=O) groups is 1. The lowest BCUT2D eigenvalue weighted by Crippen LogP contribution is -2.20. The second-order valence-corrected chi connectivity index (χ2v) is 8.23. The van der Waals surface area contributed by atoms with Gasteiger partial charge in [-0.15, -0.1) is 11.3 Å². The molecule has 0 fully saturated rings. The summed E-state index contributed by atoms with van der Waals surface area (Å²) in [7, 11) is 0.